The largest absolute Gasteiger partial charge is 0.507 e. The molecule has 3 rings (SSSR count). The van der Waals surface area contributed by atoms with Crippen LogP contribution in [0, 0.1) is 0 Å². The lowest BCUT2D eigenvalue weighted by Crippen LogP contribution is -2.27. The third-order valence-electron chi connectivity index (χ3n) is 3.80. The van der Waals surface area contributed by atoms with Gasteiger partial charge in [0.15, 0.2) is 0 Å². The van der Waals surface area contributed by atoms with Crippen LogP contribution in [0.2, 0.25) is 0 Å². The number of anilines is 1. The number of nitrogen functional groups attached to an aromatic ring is 1. The second kappa shape index (κ2) is 5.57. The van der Waals surface area contributed by atoms with Crippen molar-refractivity contribution in [1.29, 1.82) is 0 Å². The van der Waals surface area contributed by atoms with Crippen LogP contribution in [0.3, 0.4) is 0 Å². The smallest absolute Gasteiger partial charge is 0.220 e. The van der Waals surface area contributed by atoms with Gasteiger partial charge in [0.1, 0.15) is 11.5 Å². The van der Waals surface area contributed by atoms with E-state index in [9.17, 15) is 10.2 Å². The molecule has 6 heteroatoms. The lowest BCUT2D eigenvalue weighted by atomic mass is 9.93. The highest BCUT2D eigenvalue weighted by molar-refractivity contribution is 5.74. The Morgan fingerprint density at radius 1 is 1.10 bits per heavy atom. The molecular formula is C15H18N4O2. The van der Waals surface area contributed by atoms with Gasteiger partial charge in [-0.15, -0.1) is 0 Å². The molecular weight excluding hydrogens is 268 g/mol. The van der Waals surface area contributed by atoms with E-state index < -0.39 is 0 Å². The van der Waals surface area contributed by atoms with Gasteiger partial charge in [-0.1, -0.05) is 6.07 Å². The van der Waals surface area contributed by atoms with E-state index in [4.69, 9.17) is 5.73 Å². The minimum absolute atomic E-state index is 0.0237. The summed E-state index contributed by atoms with van der Waals surface area (Å²) in [6.07, 6.45) is 1.98. The third kappa shape index (κ3) is 2.75. The summed E-state index contributed by atoms with van der Waals surface area (Å²) in [7, 11) is 0. The summed E-state index contributed by atoms with van der Waals surface area (Å²) in [5, 5.41) is 23.2. The second-order valence-electron chi connectivity index (χ2n) is 5.23. The maximum absolute atomic E-state index is 9.97. The van der Waals surface area contributed by atoms with Crippen LogP contribution >= 0.6 is 0 Å². The predicted molar refractivity (Wildman–Crippen MR) is 80.1 cm³/mol. The molecule has 0 atom stereocenters. The first kappa shape index (κ1) is 13.6. The van der Waals surface area contributed by atoms with E-state index in [1.807, 2.05) is 0 Å². The quantitative estimate of drug-likeness (QED) is 0.668. The number of nitrogens with two attached hydrogens (primary N) is 1. The Bertz CT molecular complexity index is 634. The Morgan fingerprint density at radius 3 is 2.43 bits per heavy atom. The van der Waals surface area contributed by atoms with Crippen molar-refractivity contribution < 1.29 is 10.2 Å². The van der Waals surface area contributed by atoms with Gasteiger partial charge < -0.3 is 21.3 Å². The molecule has 0 saturated carbocycles. The van der Waals surface area contributed by atoms with E-state index in [-0.39, 0.29) is 17.4 Å². The molecule has 1 aromatic carbocycles. The lowest BCUT2D eigenvalue weighted by molar-refractivity contribution is 0.451. The summed E-state index contributed by atoms with van der Waals surface area (Å²) in [6, 6.07) is 6.41. The summed E-state index contributed by atoms with van der Waals surface area (Å²) in [5.74, 6) is 0.431. The van der Waals surface area contributed by atoms with Gasteiger partial charge in [-0.25, -0.2) is 9.97 Å². The van der Waals surface area contributed by atoms with Gasteiger partial charge in [0, 0.05) is 11.6 Å². The monoisotopic (exact) mass is 286 g/mol. The van der Waals surface area contributed by atoms with Crippen molar-refractivity contribution in [2.75, 3.05) is 18.8 Å². The van der Waals surface area contributed by atoms with Gasteiger partial charge in [-0.3, -0.25) is 0 Å². The van der Waals surface area contributed by atoms with Crippen molar-refractivity contribution in [1.82, 2.24) is 15.3 Å². The third-order valence-corrected chi connectivity index (χ3v) is 3.80. The van der Waals surface area contributed by atoms with Crippen LogP contribution in [0.5, 0.6) is 11.5 Å². The molecule has 1 aliphatic rings. The first-order valence-corrected chi connectivity index (χ1v) is 7.01. The molecule has 0 bridgehead atoms. The highest BCUT2D eigenvalue weighted by Crippen LogP contribution is 2.37. The van der Waals surface area contributed by atoms with Crippen LogP contribution < -0.4 is 11.1 Å². The fourth-order valence-electron chi connectivity index (χ4n) is 2.73. The van der Waals surface area contributed by atoms with Crippen molar-refractivity contribution in [3.63, 3.8) is 0 Å². The summed E-state index contributed by atoms with van der Waals surface area (Å²) >= 11 is 0. The molecule has 6 nitrogen and oxygen atoms in total. The molecule has 110 valence electrons. The molecule has 0 spiro atoms. The van der Waals surface area contributed by atoms with Crippen LogP contribution in [0.15, 0.2) is 24.3 Å². The highest BCUT2D eigenvalue weighted by atomic mass is 16.3. The number of aromatic hydroxyl groups is 2. The Hall–Kier alpha value is -2.34. The number of phenolic OH excluding ortho intramolecular Hbond substituents is 2. The van der Waals surface area contributed by atoms with E-state index in [1.165, 1.54) is 12.1 Å². The topological polar surface area (TPSA) is 104 Å². The van der Waals surface area contributed by atoms with E-state index in [0.717, 1.165) is 31.6 Å². The number of hydrogen-bond donors (Lipinski definition) is 4. The Kier molecular flexibility index (Phi) is 3.62. The van der Waals surface area contributed by atoms with E-state index >= 15 is 0 Å². The van der Waals surface area contributed by atoms with E-state index in [2.05, 4.69) is 15.3 Å². The zero-order chi connectivity index (χ0) is 14.8. The van der Waals surface area contributed by atoms with Crippen molar-refractivity contribution in [2.24, 2.45) is 0 Å². The minimum atomic E-state index is -0.0237. The number of benzene rings is 1. The minimum Gasteiger partial charge on any atom is -0.507 e. The summed E-state index contributed by atoms with van der Waals surface area (Å²) in [5.41, 5.74) is 7.41. The van der Waals surface area contributed by atoms with Gasteiger partial charge in [0.25, 0.3) is 0 Å². The molecule has 1 fully saturated rings. The molecule has 1 aliphatic heterocycles. The Balaban J connectivity index is 2.05. The normalized spacial score (nSPS) is 16.0. The molecule has 2 aromatic rings. The highest BCUT2D eigenvalue weighted by Gasteiger charge is 2.20. The number of nitrogens with zero attached hydrogens (tertiary/aromatic N) is 2. The molecule has 1 saturated heterocycles. The molecule has 0 unspecified atom stereocenters. The zero-order valence-electron chi connectivity index (χ0n) is 11.6. The average Bonchev–Trinajstić information content (AvgIpc) is 2.47. The average molecular weight is 286 g/mol. The molecule has 0 radical (unpaired) electrons. The Labute approximate surface area is 122 Å². The number of rotatable bonds is 2. The molecule has 5 N–H and O–H groups in total. The lowest BCUT2D eigenvalue weighted by Gasteiger charge is -2.22. The van der Waals surface area contributed by atoms with Crippen molar-refractivity contribution in [3.8, 4) is 22.8 Å². The van der Waals surface area contributed by atoms with Crippen molar-refractivity contribution in [2.45, 2.75) is 18.8 Å². The van der Waals surface area contributed by atoms with Crippen LogP contribution in [-0.4, -0.2) is 33.3 Å². The van der Waals surface area contributed by atoms with E-state index in [1.54, 1.807) is 12.1 Å². The first-order chi connectivity index (χ1) is 10.1. The summed E-state index contributed by atoms with van der Waals surface area (Å²) < 4.78 is 0. The van der Waals surface area contributed by atoms with Gasteiger partial charge in [-0.2, -0.15) is 0 Å². The number of phenols is 2. The number of aromatic nitrogens is 2. The zero-order valence-corrected chi connectivity index (χ0v) is 11.6. The summed E-state index contributed by atoms with van der Waals surface area (Å²) in [6.45, 7) is 1.90. The predicted octanol–water partition coefficient (Wildman–Crippen LogP) is 1.60. The maximum atomic E-state index is 9.97. The van der Waals surface area contributed by atoms with Gasteiger partial charge in [-0.05, 0) is 44.1 Å². The fourth-order valence-corrected chi connectivity index (χ4v) is 2.73. The van der Waals surface area contributed by atoms with Gasteiger partial charge in [0.05, 0.1) is 11.3 Å². The number of nitrogens with one attached hydrogen (secondary N) is 1. The SMILES string of the molecule is Nc1nc(-c2c(O)cccc2O)cc(C2CCNCC2)n1. The standard InChI is InChI=1S/C15H18N4O2/c16-15-18-10(9-4-6-17-7-5-9)8-11(19-15)14-12(20)2-1-3-13(14)21/h1-3,8-9,17,20-21H,4-7H2,(H2,16,18,19). The van der Waals surface area contributed by atoms with Crippen molar-refractivity contribution in [3.05, 3.63) is 30.0 Å². The molecule has 0 aliphatic carbocycles. The fraction of sp³-hybridized carbons (Fsp3) is 0.333. The maximum Gasteiger partial charge on any atom is 0.220 e. The van der Waals surface area contributed by atoms with E-state index in [0.29, 0.717) is 17.2 Å². The van der Waals surface area contributed by atoms with Gasteiger partial charge in [0.2, 0.25) is 5.95 Å². The van der Waals surface area contributed by atoms with Gasteiger partial charge >= 0.3 is 0 Å². The molecule has 21 heavy (non-hydrogen) atoms. The van der Waals surface area contributed by atoms with Crippen LogP contribution in [0.1, 0.15) is 24.5 Å². The first-order valence-electron chi connectivity index (χ1n) is 7.01. The Morgan fingerprint density at radius 2 is 1.76 bits per heavy atom. The summed E-state index contributed by atoms with van der Waals surface area (Å²) in [4.78, 5) is 8.47. The van der Waals surface area contributed by atoms with Crippen LogP contribution in [-0.2, 0) is 0 Å². The molecule has 2 heterocycles. The number of hydrogen-bond acceptors (Lipinski definition) is 6. The molecule has 1 aromatic heterocycles. The second-order valence-corrected chi connectivity index (χ2v) is 5.23. The number of piperidine rings is 1. The molecule has 0 amide bonds. The van der Waals surface area contributed by atoms with Crippen molar-refractivity contribution >= 4 is 5.95 Å². The van der Waals surface area contributed by atoms with Crippen LogP contribution in [0.4, 0.5) is 5.95 Å². The van der Waals surface area contributed by atoms with Crippen LogP contribution in [0.25, 0.3) is 11.3 Å².